The molecule has 2 aromatic carbocycles. The highest BCUT2D eigenvalue weighted by molar-refractivity contribution is 7.09. The van der Waals surface area contributed by atoms with Gasteiger partial charge in [0.05, 0.1) is 36.2 Å². The number of rotatable bonds is 9. The van der Waals surface area contributed by atoms with Gasteiger partial charge in [-0.3, -0.25) is 9.59 Å². The minimum atomic E-state index is -0.426. The summed E-state index contributed by atoms with van der Waals surface area (Å²) in [6, 6.07) is 19.2. The molecule has 150 valence electrons. The van der Waals surface area contributed by atoms with Gasteiger partial charge >= 0.3 is 5.97 Å². The molecule has 1 aromatic heterocycles. The van der Waals surface area contributed by atoms with Crippen LogP contribution in [0.5, 0.6) is 0 Å². The van der Waals surface area contributed by atoms with Crippen LogP contribution in [-0.2, 0) is 27.2 Å². The highest BCUT2D eigenvalue weighted by Crippen LogP contribution is 2.19. The molecule has 3 aromatic rings. The second-order valence-electron chi connectivity index (χ2n) is 6.61. The van der Waals surface area contributed by atoms with E-state index in [0.717, 1.165) is 22.7 Å². The second kappa shape index (κ2) is 10.5. The van der Waals surface area contributed by atoms with Crippen LogP contribution in [0.15, 0.2) is 66.0 Å². The van der Waals surface area contributed by atoms with Crippen molar-refractivity contribution in [2.75, 3.05) is 6.61 Å². The smallest absolute Gasteiger partial charge is 0.308 e. The van der Waals surface area contributed by atoms with Gasteiger partial charge in [0.1, 0.15) is 0 Å². The largest absolute Gasteiger partial charge is 0.466 e. The number of thiazole rings is 1. The van der Waals surface area contributed by atoms with E-state index >= 15 is 0 Å². The zero-order valence-electron chi connectivity index (χ0n) is 16.3. The number of hydrogen-bond acceptors (Lipinski definition) is 5. The van der Waals surface area contributed by atoms with Gasteiger partial charge < -0.3 is 10.1 Å². The third-order valence-electron chi connectivity index (χ3n) is 4.35. The Hall–Kier alpha value is -2.99. The zero-order chi connectivity index (χ0) is 20.5. The molecule has 6 heteroatoms. The van der Waals surface area contributed by atoms with E-state index in [4.69, 9.17) is 4.74 Å². The van der Waals surface area contributed by atoms with Gasteiger partial charge in [-0.25, -0.2) is 4.98 Å². The van der Waals surface area contributed by atoms with Crippen molar-refractivity contribution in [3.8, 4) is 0 Å². The van der Waals surface area contributed by atoms with Gasteiger partial charge in [0.2, 0.25) is 5.91 Å². The van der Waals surface area contributed by atoms with Gasteiger partial charge in [-0.2, -0.15) is 0 Å². The van der Waals surface area contributed by atoms with Crippen LogP contribution in [0, 0.1) is 0 Å². The molecule has 5 nitrogen and oxygen atoms in total. The number of hydrogen-bond donors (Lipinski definition) is 1. The van der Waals surface area contributed by atoms with Crippen molar-refractivity contribution in [1.29, 1.82) is 0 Å². The standard InChI is InChI=1S/C23H24N2O3S/c1-2-28-23(27)15-20(18-11-7-4-8-12-18)25-21(26)14-19-16-29-22(24-19)13-17-9-5-3-6-10-17/h3-12,16,20H,2,13-15H2,1H3,(H,25,26). The van der Waals surface area contributed by atoms with Crippen molar-refractivity contribution >= 4 is 23.2 Å². The van der Waals surface area contributed by atoms with Crippen molar-refractivity contribution < 1.29 is 14.3 Å². The lowest BCUT2D eigenvalue weighted by molar-refractivity contribution is -0.143. The Kier molecular flexibility index (Phi) is 7.53. The molecule has 1 unspecified atom stereocenters. The molecule has 3 rings (SSSR count). The molecule has 1 amide bonds. The van der Waals surface area contributed by atoms with Crippen molar-refractivity contribution in [2.24, 2.45) is 0 Å². The Balaban J connectivity index is 1.62. The first-order chi connectivity index (χ1) is 14.1. The predicted molar refractivity (Wildman–Crippen MR) is 114 cm³/mol. The average molecular weight is 409 g/mol. The number of carbonyl (C=O) groups excluding carboxylic acids is 2. The van der Waals surface area contributed by atoms with Crippen molar-refractivity contribution in [3.05, 3.63) is 87.9 Å². The molecule has 1 heterocycles. The summed E-state index contributed by atoms with van der Waals surface area (Å²) in [6.45, 7) is 2.08. The first kappa shape index (κ1) is 20.7. The predicted octanol–water partition coefficient (Wildman–Crippen LogP) is 4.09. The fourth-order valence-corrected chi connectivity index (χ4v) is 3.84. The van der Waals surface area contributed by atoms with E-state index < -0.39 is 6.04 Å². The Morgan fingerprint density at radius 1 is 1.07 bits per heavy atom. The molecule has 0 aliphatic carbocycles. The van der Waals surface area contributed by atoms with Crippen molar-refractivity contribution in [3.63, 3.8) is 0 Å². The minimum absolute atomic E-state index is 0.0971. The number of amides is 1. The summed E-state index contributed by atoms with van der Waals surface area (Å²) in [5.41, 5.74) is 2.80. The fraction of sp³-hybridized carbons (Fsp3) is 0.261. The topological polar surface area (TPSA) is 68.3 Å². The van der Waals surface area contributed by atoms with Crippen LogP contribution in [0.1, 0.15) is 41.2 Å². The van der Waals surface area contributed by atoms with E-state index in [-0.39, 0.29) is 24.7 Å². The quantitative estimate of drug-likeness (QED) is 0.542. The maximum atomic E-state index is 12.6. The Labute approximate surface area is 174 Å². The molecule has 0 saturated carbocycles. The van der Waals surface area contributed by atoms with Gasteiger partial charge in [-0.15, -0.1) is 11.3 Å². The van der Waals surface area contributed by atoms with Gasteiger partial charge in [-0.1, -0.05) is 60.7 Å². The van der Waals surface area contributed by atoms with Crippen LogP contribution in [0.25, 0.3) is 0 Å². The molecule has 0 bridgehead atoms. The lowest BCUT2D eigenvalue weighted by Crippen LogP contribution is -2.31. The molecule has 29 heavy (non-hydrogen) atoms. The minimum Gasteiger partial charge on any atom is -0.466 e. The summed E-state index contributed by atoms with van der Waals surface area (Å²) in [5, 5.41) is 5.85. The lowest BCUT2D eigenvalue weighted by atomic mass is 10.0. The third kappa shape index (κ3) is 6.54. The molecule has 0 radical (unpaired) electrons. The normalized spacial score (nSPS) is 11.6. The lowest BCUT2D eigenvalue weighted by Gasteiger charge is -2.18. The third-order valence-corrected chi connectivity index (χ3v) is 5.25. The van der Waals surface area contributed by atoms with Crippen LogP contribution in [-0.4, -0.2) is 23.5 Å². The molecule has 1 atom stereocenters. The molecule has 0 spiro atoms. The van der Waals surface area contributed by atoms with Crippen LogP contribution in [0.4, 0.5) is 0 Å². The molecule has 0 saturated heterocycles. The van der Waals surface area contributed by atoms with Crippen molar-refractivity contribution in [2.45, 2.75) is 32.2 Å². The summed E-state index contributed by atoms with van der Waals surface area (Å²) < 4.78 is 5.05. The number of benzene rings is 2. The number of esters is 1. The number of ether oxygens (including phenoxy) is 1. The maximum Gasteiger partial charge on any atom is 0.308 e. The molecular weight excluding hydrogens is 384 g/mol. The van der Waals surface area contributed by atoms with E-state index in [1.165, 1.54) is 5.56 Å². The van der Waals surface area contributed by atoms with Crippen LogP contribution in [0.3, 0.4) is 0 Å². The fourth-order valence-electron chi connectivity index (χ4n) is 3.02. The average Bonchev–Trinajstić information content (AvgIpc) is 3.15. The van der Waals surface area contributed by atoms with Crippen LogP contribution >= 0.6 is 11.3 Å². The second-order valence-corrected chi connectivity index (χ2v) is 7.55. The number of carbonyl (C=O) groups is 2. The maximum absolute atomic E-state index is 12.6. The SMILES string of the molecule is CCOC(=O)CC(NC(=O)Cc1csc(Cc2ccccc2)n1)c1ccccc1. The highest BCUT2D eigenvalue weighted by Gasteiger charge is 2.20. The van der Waals surface area contributed by atoms with Gasteiger partial charge in [0.25, 0.3) is 0 Å². The Bertz CT molecular complexity index is 926. The van der Waals surface area contributed by atoms with E-state index in [0.29, 0.717) is 6.61 Å². The molecule has 1 N–H and O–H groups in total. The molecular formula is C23H24N2O3S. The van der Waals surface area contributed by atoms with E-state index in [1.54, 1.807) is 18.3 Å². The Morgan fingerprint density at radius 2 is 1.76 bits per heavy atom. The van der Waals surface area contributed by atoms with Crippen molar-refractivity contribution in [1.82, 2.24) is 10.3 Å². The van der Waals surface area contributed by atoms with E-state index in [2.05, 4.69) is 22.4 Å². The summed E-state index contributed by atoms with van der Waals surface area (Å²) in [7, 11) is 0. The summed E-state index contributed by atoms with van der Waals surface area (Å²) in [4.78, 5) is 29.1. The number of aromatic nitrogens is 1. The Morgan fingerprint density at radius 3 is 2.45 bits per heavy atom. The zero-order valence-corrected chi connectivity index (χ0v) is 17.2. The summed E-state index contributed by atoms with van der Waals surface area (Å²) in [6.07, 6.45) is 1.03. The summed E-state index contributed by atoms with van der Waals surface area (Å²) in [5.74, 6) is -0.500. The van der Waals surface area contributed by atoms with Crippen LogP contribution in [0.2, 0.25) is 0 Å². The van der Waals surface area contributed by atoms with Gasteiger partial charge in [0, 0.05) is 11.8 Å². The van der Waals surface area contributed by atoms with E-state index in [9.17, 15) is 9.59 Å². The first-order valence-corrected chi connectivity index (χ1v) is 10.5. The first-order valence-electron chi connectivity index (χ1n) is 9.61. The van der Waals surface area contributed by atoms with Crippen LogP contribution < -0.4 is 5.32 Å². The number of nitrogens with zero attached hydrogens (tertiary/aromatic N) is 1. The van der Waals surface area contributed by atoms with Gasteiger partial charge in [0.15, 0.2) is 0 Å². The summed E-state index contributed by atoms with van der Waals surface area (Å²) >= 11 is 1.55. The highest BCUT2D eigenvalue weighted by atomic mass is 32.1. The number of nitrogens with one attached hydrogen (secondary N) is 1. The van der Waals surface area contributed by atoms with E-state index in [1.807, 2.05) is 53.9 Å². The monoisotopic (exact) mass is 408 g/mol. The van der Waals surface area contributed by atoms with Gasteiger partial charge in [-0.05, 0) is 18.1 Å². The molecule has 0 aliphatic rings. The molecule has 0 fully saturated rings. The molecule has 0 aliphatic heterocycles.